The van der Waals surface area contributed by atoms with Gasteiger partial charge in [-0.3, -0.25) is 9.90 Å². The van der Waals surface area contributed by atoms with Crippen molar-refractivity contribution in [1.82, 2.24) is 0 Å². The van der Waals surface area contributed by atoms with Gasteiger partial charge < -0.3 is 5.73 Å². The molecule has 1 aliphatic rings. The highest BCUT2D eigenvalue weighted by atomic mass is 127. The minimum Gasteiger partial charge on any atom is -0.397 e. The summed E-state index contributed by atoms with van der Waals surface area (Å²) in [5.74, 6) is 0. The van der Waals surface area contributed by atoms with Crippen LogP contribution in [0.4, 0.5) is 11.4 Å². The SMILES string of the molecule is Nc1cc(I)ccc1N1CCCCO1. The molecule has 1 aromatic rings. The largest absolute Gasteiger partial charge is 0.397 e. The van der Waals surface area contributed by atoms with Crippen LogP contribution in [0.15, 0.2) is 18.2 Å². The zero-order valence-electron chi connectivity index (χ0n) is 7.87. The Balaban J connectivity index is 2.22. The van der Waals surface area contributed by atoms with Crippen molar-refractivity contribution in [2.75, 3.05) is 23.9 Å². The number of hydrogen-bond acceptors (Lipinski definition) is 3. The minimum atomic E-state index is 0.791. The maximum atomic E-state index is 5.93. The highest BCUT2D eigenvalue weighted by Gasteiger charge is 2.14. The lowest BCUT2D eigenvalue weighted by Gasteiger charge is -2.28. The molecule has 2 rings (SSSR count). The molecule has 0 aliphatic carbocycles. The van der Waals surface area contributed by atoms with Gasteiger partial charge in [0.25, 0.3) is 0 Å². The van der Waals surface area contributed by atoms with Gasteiger partial charge in [0.2, 0.25) is 0 Å². The van der Waals surface area contributed by atoms with Gasteiger partial charge in [0.15, 0.2) is 0 Å². The zero-order chi connectivity index (χ0) is 9.97. The first-order valence-corrected chi connectivity index (χ1v) is 5.81. The molecule has 14 heavy (non-hydrogen) atoms. The van der Waals surface area contributed by atoms with E-state index < -0.39 is 0 Å². The summed E-state index contributed by atoms with van der Waals surface area (Å²) in [5.41, 5.74) is 7.71. The second kappa shape index (κ2) is 4.35. The normalized spacial score (nSPS) is 17.1. The second-order valence-electron chi connectivity index (χ2n) is 3.35. The fourth-order valence-corrected chi connectivity index (χ4v) is 2.05. The maximum absolute atomic E-state index is 5.93. The van der Waals surface area contributed by atoms with E-state index in [0.717, 1.165) is 34.5 Å². The number of rotatable bonds is 1. The van der Waals surface area contributed by atoms with E-state index in [0.29, 0.717) is 0 Å². The van der Waals surface area contributed by atoms with E-state index >= 15 is 0 Å². The van der Waals surface area contributed by atoms with Crippen LogP contribution in [0.25, 0.3) is 0 Å². The van der Waals surface area contributed by atoms with Gasteiger partial charge in [-0.05, 0) is 53.6 Å². The third-order valence-electron chi connectivity index (χ3n) is 2.26. The number of hydrogen-bond donors (Lipinski definition) is 1. The lowest BCUT2D eigenvalue weighted by Crippen LogP contribution is -2.30. The molecule has 3 nitrogen and oxygen atoms in total. The zero-order valence-corrected chi connectivity index (χ0v) is 10.0. The van der Waals surface area contributed by atoms with E-state index in [4.69, 9.17) is 10.6 Å². The molecule has 1 aliphatic heterocycles. The van der Waals surface area contributed by atoms with Crippen LogP contribution >= 0.6 is 22.6 Å². The van der Waals surface area contributed by atoms with Crippen molar-refractivity contribution in [3.05, 3.63) is 21.8 Å². The van der Waals surface area contributed by atoms with Gasteiger partial charge in [-0.25, -0.2) is 0 Å². The van der Waals surface area contributed by atoms with Crippen molar-refractivity contribution < 1.29 is 4.84 Å². The molecule has 2 N–H and O–H groups in total. The van der Waals surface area contributed by atoms with Crippen LogP contribution in [-0.2, 0) is 4.84 Å². The van der Waals surface area contributed by atoms with E-state index in [1.807, 2.05) is 23.3 Å². The predicted octanol–water partition coefficient (Wildman–Crippen LogP) is 2.41. The van der Waals surface area contributed by atoms with Gasteiger partial charge in [0, 0.05) is 10.1 Å². The average Bonchev–Trinajstić information content (AvgIpc) is 2.19. The third-order valence-corrected chi connectivity index (χ3v) is 2.93. The molecular weight excluding hydrogens is 291 g/mol. The molecule has 0 atom stereocenters. The molecular formula is C10H13IN2O. The van der Waals surface area contributed by atoms with Crippen molar-refractivity contribution in [1.29, 1.82) is 0 Å². The molecule has 0 unspecified atom stereocenters. The summed E-state index contributed by atoms with van der Waals surface area (Å²) in [6.07, 6.45) is 2.31. The molecule has 0 radical (unpaired) electrons. The van der Waals surface area contributed by atoms with E-state index in [2.05, 4.69) is 22.6 Å². The van der Waals surface area contributed by atoms with Crippen LogP contribution in [0.3, 0.4) is 0 Å². The molecule has 4 heteroatoms. The van der Waals surface area contributed by atoms with Crippen LogP contribution < -0.4 is 10.8 Å². The fraction of sp³-hybridized carbons (Fsp3) is 0.400. The third kappa shape index (κ3) is 2.12. The summed E-state index contributed by atoms with van der Waals surface area (Å²) in [6.45, 7) is 1.73. The van der Waals surface area contributed by atoms with Crippen molar-refractivity contribution in [3.63, 3.8) is 0 Å². The van der Waals surface area contributed by atoms with Gasteiger partial charge in [0.1, 0.15) is 0 Å². The second-order valence-corrected chi connectivity index (χ2v) is 4.59. The Hall–Kier alpha value is -0.490. The lowest BCUT2D eigenvalue weighted by atomic mass is 10.2. The number of benzene rings is 1. The van der Waals surface area contributed by atoms with Crippen LogP contribution in [-0.4, -0.2) is 13.2 Å². The molecule has 1 heterocycles. The quantitative estimate of drug-likeness (QED) is 0.639. The summed E-state index contributed by atoms with van der Waals surface area (Å²) in [5, 5.41) is 1.90. The summed E-state index contributed by atoms with van der Waals surface area (Å²) >= 11 is 2.25. The first-order chi connectivity index (χ1) is 6.77. The number of anilines is 2. The Morgan fingerprint density at radius 1 is 1.36 bits per heavy atom. The van der Waals surface area contributed by atoms with Gasteiger partial charge in [-0.15, -0.1) is 0 Å². The highest BCUT2D eigenvalue weighted by molar-refractivity contribution is 14.1. The molecule has 1 fully saturated rings. The standard InChI is InChI=1S/C10H13IN2O/c11-8-3-4-10(9(12)7-8)13-5-1-2-6-14-13/h3-4,7H,1-2,5-6,12H2. The molecule has 0 bridgehead atoms. The monoisotopic (exact) mass is 304 g/mol. The van der Waals surface area contributed by atoms with E-state index in [1.54, 1.807) is 0 Å². The van der Waals surface area contributed by atoms with Gasteiger partial charge in [-0.1, -0.05) is 0 Å². The van der Waals surface area contributed by atoms with Crippen LogP contribution in [0.2, 0.25) is 0 Å². The summed E-state index contributed by atoms with van der Waals surface area (Å²) in [7, 11) is 0. The van der Waals surface area contributed by atoms with Crippen LogP contribution in [0.5, 0.6) is 0 Å². The molecule has 0 spiro atoms. The number of halogens is 1. The highest BCUT2D eigenvalue weighted by Crippen LogP contribution is 2.27. The Bertz CT molecular complexity index is 324. The number of hydroxylamine groups is 1. The average molecular weight is 304 g/mol. The topological polar surface area (TPSA) is 38.5 Å². The number of nitrogens with two attached hydrogens (primary N) is 1. The summed E-state index contributed by atoms with van der Waals surface area (Å²) in [6, 6.07) is 6.03. The van der Waals surface area contributed by atoms with Crippen molar-refractivity contribution >= 4 is 34.0 Å². The Labute approximate surface area is 97.3 Å². The van der Waals surface area contributed by atoms with Crippen molar-refractivity contribution in [2.45, 2.75) is 12.8 Å². The molecule has 0 aromatic heterocycles. The van der Waals surface area contributed by atoms with E-state index in [-0.39, 0.29) is 0 Å². The molecule has 0 saturated carbocycles. The van der Waals surface area contributed by atoms with Crippen LogP contribution in [0, 0.1) is 3.57 Å². The lowest BCUT2D eigenvalue weighted by molar-refractivity contribution is 0.0781. The predicted molar refractivity (Wildman–Crippen MR) is 66.1 cm³/mol. The molecule has 1 aromatic carbocycles. The smallest absolute Gasteiger partial charge is 0.0866 e. The first kappa shape index (κ1) is 10.0. The Kier molecular flexibility index (Phi) is 3.12. The maximum Gasteiger partial charge on any atom is 0.0866 e. The van der Waals surface area contributed by atoms with Crippen molar-refractivity contribution in [3.8, 4) is 0 Å². The van der Waals surface area contributed by atoms with Crippen molar-refractivity contribution in [2.24, 2.45) is 0 Å². The number of nitrogen functional groups attached to an aromatic ring is 1. The minimum absolute atomic E-state index is 0.791. The van der Waals surface area contributed by atoms with Crippen LogP contribution in [0.1, 0.15) is 12.8 Å². The summed E-state index contributed by atoms with van der Waals surface area (Å²) < 4.78 is 1.15. The fourth-order valence-electron chi connectivity index (χ4n) is 1.54. The first-order valence-electron chi connectivity index (χ1n) is 4.73. The summed E-state index contributed by atoms with van der Waals surface area (Å²) in [4.78, 5) is 5.54. The Morgan fingerprint density at radius 3 is 2.86 bits per heavy atom. The van der Waals surface area contributed by atoms with E-state index in [9.17, 15) is 0 Å². The number of nitrogens with zero attached hydrogens (tertiary/aromatic N) is 1. The van der Waals surface area contributed by atoms with Gasteiger partial charge in [0.05, 0.1) is 18.0 Å². The molecule has 1 saturated heterocycles. The molecule has 76 valence electrons. The van der Waals surface area contributed by atoms with E-state index in [1.165, 1.54) is 6.42 Å². The van der Waals surface area contributed by atoms with Gasteiger partial charge >= 0.3 is 0 Å². The molecule has 0 amide bonds. The van der Waals surface area contributed by atoms with Gasteiger partial charge in [-0.2, -0.15) is 0 Å². The Morgan fingerprint density at radius 2 is 2.21 bits per heavy atom.